The normalized spacial score (nSPS) is 11.1. The highest BCUT2D eigenvalue weighted by Gasteiger charge is 2.22. The van der Waals surface area contributed by atoms with Gasteiger partial charge < -0.3 is 15.4 Å². The van der Waals surface area contributed by atoms with E-state index in [0.29, 0.717) is 13.1 Å². The summed E-state index contributed by atoms with van der Waals surface area (Å²) in [7, 11) is 3.50. The van der Waals surface area contributed by atoms with Gasteiger partial charge in [0, 0.05) is 25.2 Å². The summed E-state index contributed by atoms with van der Waals surface area (Å²) in [6.07, 6.45) is 1.71. The fourth-order valence-corrected chi connectivity index (χ4v) is 2.26. The van der Waals surface area contributed by atoms with Crippen LogP contribution in [0.4, 0.5) is 4.79 Å². The van der Waals surface area contributed by atoms with Gasteiger partial charge in [0.05, 0.1) is 19.3 Å². The number of carbonyl (C=O) groups excluding carboxylic acids is 1. The Morgan fingerprint density at radius 2 is 2.09 bits per heavy atom. The van der Waals surface area contributed by atoms with E-state index in [-0.39, 0.29) is 11.4 Å². The molecule has 6 nitrogen and oxygen atoms in total. The molecule has 0 aliphatic heterocycles. The third kappa shape index (κ3) is 4.48. The number of aromatic nitrogens is 2. The minimum atomic E-state index is -0.196. The predicted octanol–water partition coefficient (Wildman–Crippen LogP) is 2.21. The number of aryl methyl sites for hydroxylation is 1. The molecule has 1 aromatic heterocycles. The van der Waals surface area contributed by atoms with Crippen LogP contribution in [0, 0.1) is 0 Å². The van der Waals surface area contributed by atoms with Crippen LogP contribution in [-0.4, -0.2) is 29.5 Å². The van der Waals surface area contributed by atoms with Gasteiger partial charge in [-0.2, -0.15) is 5.10 Å². The maximum Gasteiger partial charge on any atom is 0.315 e. The fourth-order valence-electron chi connectivity index (χ4n) is 2.26. The van der Waals surface area contributed by atoms with Crippen molar-refractivity contribution in [3.8, 4) is 5.75 Å². The topological polar surface area (TPSA) is 68.2 Å². The predicted molar refractivity (Wildman–Crippen MR) is 89.5 cm³/mol. The van der Waals surface area contributed by atoms with Crippen LogP contribution in [-0.2, 0) is 19.0 Å². The molecule has 0 atom stereocenters. The first-order valence-electron chi connectivity index (χ1n) is 7.55. The van der Waals surface area contributed by atoms with Crippen LogP contribution in [0.25, 0.3) is 0 Å². The second-order valence-corrected chi connectivity index (χ2v) is 6.10. The van der Waals surface area contributed by atoms with E-state index in [4.69, 9.17) is 4.74 Å². The van der Waals surface area contributed by atoms with Gasteiger partial charge in [-0.15, -0.1) is 0 Å². The number of hydrogen-bond donors (Lipinski definition) is 2. The van der Waals surface area contributed by atoms with Gasteiger partial charge in [0.2, 0.25) is 0 Å². The van der Waals surface area contributed by atoms with Crippen molar-refractivity contribution < 1.29 is 9.53 Å². The molecule has 0 unspecified atom stereocenters. The van der Waals surface area contributed by atoms with Crippen LogP contribution in [0.2, 0.25) is 0 Å². The highest BCUT2D eigenvalue weighted by Crippen LogP contribution is 2.25. The van der Waals surface area contributed by atoms with Crippen molar-refractivity contribution in [2.45, 2.75) is 25.8 Å². The Hall–Kier alpha value is -2.50. The van der Waals surface area contributed by atoms with Gasteiger partial charge in [0.15, 0.2) is 0 Å². The van der Waals surface area contributed by atoms with Gasteiger partial charge in [0.1, 0.15) is 5.75 Å². The second kappa shape index (κ2) is 7.17. The van der Waals surface area contributed by atoms with Crippen LogP contribution in [0.1, 0.15) is 25.1 Å². The van der Waals surface area contributed by atoms with Gasteiger partial charge >= 0.3 is 6.03 Å². The Bertz CT molecular complexity index is 664. The molecule has 0 fully saturated rings. The summed E-state index contributed by atoms with van der Waals surface area (Å²) in [5.74, 6) is 0.816. The van der Waals surface area contributed by atoms with Gasteiger partial charge in [-0.1, -0.05) is 26.0 Å². The van der Waals surface area contributed by atoms with Crippen molar-refractivity contribution in [3.05, 3.63) is 47.8 Å². The molecule has 0 bridgehead atoms. The number of methoxy groups -OCH3 is 1. The van der Waals surface area contributed by atoms with E-state index in [1.165, 1.54) is 0 Å². The largest absolute Gasteiger partial charge is 0.497 e. The van der Waals surface area contributed by atoms with Crippen molar-refractivity contribution in [2.24, 2.45) is 7.05 Å². The van der Waals surface area contributed by atoms with Crippen molar-refractivity contribution in [1.29, 1.82) is 0 Å². The van der Waals surface area contributed by atoms with E-state index in [1.807, 2.05) is 37.4 Å². The lowest BCUT2D eigenvalue weighted by atomic mass is 9.84. The van der Waals surface area contributed by atoms with Crippen molar-refractivity contribution in [3.63, 3.8) is 0 Å². The van der Waals surface area contributed by atoms with Crippen molar-refractivity contribution in [2.75, 3.05) is 13.7 Å². The Kier molecular flexibility index (Phi) is 5.26. The Labute approximate surface area is 136 Å². The average molecular weight is 316 g/mol. The summed E-state index contributed by atoms with van der Waals surface area (Å²) in [4.78, 5) is 12.0. The molecule has 1 aromatic carbocycles. The van der Waals surface area contributed by atoms with E-state index < -0.39 is 0 Å². The number of hydrogen-bond acceptors (Lipinski definition) is 3. The number of amides is 2. The third-order valence-electron chi connectivity index (χ3n) is 3.89. The molecular formula is C17H24N4O2. The molecule has 0 aliphatic carbocycles. The molecule has 6 heteroatoms. The summed E-state index contributed by atoms with van der Waals surface area (Å²) in [6, 6.07) is 9.58. The van der Waals surface area contributed by atoms with Crippen molar-refractivity contribution in [1.82, 2.24) is 20.4 Å². The molecule has 0 radical (unpaired) electrons. The molecule has 2 aromatic rings. The summed E-state index contributed by atoms with van der Waals surface area (Å²) in [6.45, 7) is 5.14. The zero-order valence-electron chi connectivity index (χ0n) is 14.1. The zero-order valence-corrected chi connectivity index (χ0v) is 14.1. The van der Waals surface area contributed by atoms with E-state index >= 15 is 0 Å². The Balaban J connectivity index is 1.88. The van der Waals surface area contributed by atoms with Crippen LogP contribution < -0.4 is 15.4 Å². The molecular weight excluding hydrogens is 292 g/mol. The Morgan fingerprint density at radius 3 is 2.74 bits per heavy atom. The van der Waals surface area contributed by atoms with E-state index in [0.717, 1.165) is 17.0 Å². The van der Waals surface area contributed by atoms with Gasteiger partial charge in [-0.3, -0.25) is 4.68 Å². The van der Waals surface area contributed by atoms with E-state index in [1.54, 1.807) is 18.0 Å². The van der Waals surface area contributed by atoms with Crippen LogP contribution in [0.5, 0.6) is 5.75 Å². The maximum atomic E-state index is 12.0. The lowest BCUT2D eigenvalue weighted by Gasteiger charge is -2.26. The molecule has 0 spiro atoms. The SMILES string of the molecule is COc1cccc(C(C)(C)CNC(=O)NCc2ccnn2C)c1. The maximum absolute atomic E-state index is 12.0. The summed E-state index contributed by atoms with van der Waals surface area (Å²) in [5, 5.41) is 9.83. The highest BCUT2D eigenvalue weighted by molar-refractivity contribution is 5.73. The quantitative estimate of drug-likeness (QED) is 0.858. The lowest BCUT2D eigenvalue weighted by Crippen LogP contribution is -2.42. The molecule has 0 saturated heterocycles. The number of rotatable bonds is 6. The van der Waals surface area contributed by atoms with Gasteiger partial charge in [-0.05, 0) is 23.8 Å². The van der Waals surface area contributed by atoms with Gasteiger partial charge in [0.25, 0.3) is 0 Å². The average Bonchev–Trinajstić information content (AvgIpc) is 2.96. The molecule has 0 aliphatic rings. The zero-order chi connectivity index (χ0) is 16.9. The molecule has 0 saturated carbocycles. The molecule has 2 rings (SSSR count). The molecule has 23 heavy (non-hydrogen) atoms. The first-order chi connectivity index (χ1) is 10.9. The van der Waals surface area contributed by atoms with Crippen LogP contribution in [0.15, 0.2) is 36.5 Å². The minimum absolute atomic E-state index is 0.192. The lowest BCUT2D eigenvalue weighted by molar-refractivity contribution is 0.237. The molecule has 2 N–H and O–H groups in total. The van der Waals surface area contributed by atoms with E-state index in [2.05, 4.69) is 29.6 Å². The first-order valence-corrected chi connectivity index (χ1v) is 7.55. The number of urea groups is 1. The molecule has 124 valence electrons. The Morgan fingerprint density at radius 1 is 1.30 bits per heavy atom. The van der Waals surface area contributed by atoms with Gasteiger partial charge in [-0.25, -0.2) is 4.79 Å². The van der Waals surface area contributed by atoms with Crippen LogP contribution in [0.3, 0.4) is 0 Å². The number of nitrogens with one attached hydrogen (secondary N) is 2. The summed E-state index contributed by atoms with van der Waals surface area (Å²) < 4.78 is 7.00. The standard InChI is InChI=1S/C17H24N4O2/c1-17(2,13-6-5-7-15(10-13)23-4)12-19-16(22)18-11-14-8-9-20-21(14)3/h5-10H,11-12H2,1-4H3,(H2,18,19,22). The third-order valence-corrected chi connectivity index (χ3v) is 3.89. The number of benzene rings is 1. The monoisotopic (exact) mass is 316 g/mol. The molecule has 2 amide bonds. The van der Waals surface area contributed by atoms with E-state index in [9.17, 15) is 4.79 Å². The second-order valence-electron chi connectivity index (χ2n) is 6.10. The molecule has 1 heterocycles. The fraction of sp³-hybridized carbons (Fsp3) is 0.412. The van der Waals surface area contributed by atoms with Crippen LogP contribution >= 0.6 is 0 Å². The summed E-state index contributed by atoms with van der Waals surface area (Å²) in [5.41, 5.74) is 1.87. The highest BCUT2D eigenvalue weighted by atomic mass is 16.5. The first kappa shape index (κ1) is 16.9. The minimum Gasteiger partial charge on any atom is -0.497 e. The summed E-state index contributed by atoms with van der Waals surface area (Å²) >= 11 is 0. The smallest absolute Gasteiger partial charge is 0.315 e. The number of ether oxygens (including phenoxy) is 1. The van der Waals surface area contributed by atoms with Crippen molar-refractivity contribution >= 4 is 6.03 Å². The number of carbonyl (C=O) groups is 1. The number of nitrogens with zero attached hydrogens (tertiary/aromatic N) is 2.